The van der Waals surface area contributed by atoms with Gasteiger partial charge in [0.2, 0.25) is 17.6 Å². The second kappa shape index (κ2) is 12.1. The van der Waals surface area contributed by atoms with Crippen LogP contribution in [0.15, 0.2) is 42.5 Å². The third kappa shape index (κ3) is 6.86. The van der Waals surface area contributed by atoms with Crippen LogP contribution in [-0.4, -0.2) is 83.7 Å². The van der Waals surface area contributed by atoms with Crippen molar-refractivity contribution < 1.29 is 24.3 Å². The Morgan fingerprint density at radius 3 is 2.60 bits per heavy atom. The molecule has 5 rings (SSSR count). The van der Waals surface area contributed by atoms with E-state index in [9.17, 15) is 24.3 Å². The van der Waals surface area contributed by atoms with Gasteiger partial charge in [-0.1, -0.05) is 55.3 Å². The monoisotopic (exact) mass is 592 g/mol. The summed E-state index contributed by atoms with van der Waals surface area (Å²) >= 11 is 0. The molecule has 5 atom stereocenters. The van der Waals surface area contributed by atoms with Crippen molar-refractivity contribution in [2.45, 2.75) is 94.9 Å². The molecule has 0 radical (unpaired) electrons. The Balaban J connectivity index is 1.44. The number of carboxylic acid groups (broad SMARTS) is 1. The molecule has 4 amide bonds. The highest BCUT2D eigenvalue weighted by atomic mass is 16.4. The lowest BCUT2D eigenvalue weighted by Crippen LogP contribution is -2.58. The molecule has 1 aromatic carbocycles. The lowest BCUT2D eigenvalue weighted by atomic mass is 10.0. The number of amides is 4. The maximum Gasteiger partial charge on any atom is 0.330 e. The summed E-state index contributed by atoms with van der Waals surface area (Å²) in [6.45, 7) is 5.65. The molecule has 1 saturated carbocycles. The summed E-state index contributed by atoms with van der Waals surface area (Å²) in [5, 5.41) is 31.4. The van der Waals surface area contributed by atoms with Crippen molar-refractivity contribution in [2.24, 2.45) is 5.92 Å². The van der Waals surface area contributed by atoms with Crippen molar-refractivity contribution in [1.29, 1.82) is 0 Å². The van der Waals surface area contributed by atoms with Crippen LogP contribution in [0, 0.1) is 5.92 Å². The largest absolute Gasteiger partial charge is 0.479 e. The van der Waals surface area contributed by atoms with E-state index in [0.29, 0.717) is 18.7 Å². The number of aliphatic carboxylic acids is 1. The maximum absolute atomic E-state index is 14.1. The molecule has 2 fully saturated rings. The Morgan fingerprint density at radius 1 is 1.12 bits per heavy atom. The van der Waals surface area contributed by atoms with Crippen LogP contribution in [0.2, 0.25) is 0 Å². The van der Waals surface area contributed by atoms with Crippen LogP contribution in [-0.2, 0) is 14.4 Å². The van der Waals surface area contributed by atoms with Gasteiger partial charge in [-0.15, -0.1) is 10.2 Å². The van der Waals surface area contributed by atoms with Gasteiger partial charge in [0, 0.05) is 30.0 Å². The van der Waals surface area contributed by atoms with Crippen LogP contribution in [0.25, 0.3) is 11.4 Å². The first-order chi connectivity index (χ1) is 20.5. The second-order valence-corrected chi connectivity index (χ2v) is 12.7. The minimum Gasteiger partial charge on any atom is -0.479 e. The van der Waals surface area contributed by atoms with Crippen LogP contribution < -0.4 is 16.0 Å². The number of carboxylic acids is 1. The number of hydrogen-bond donors (Lipinski definition) is 4. The molecule has 43 heavy (non-hydrogen) atoms. The number of aromatic nitrogens is 4. The number of carbonyl (C=O) groups excluding carboxylic acids is 3. The molecule has 13 nitrogen and oxygen atoms in total. The molecule has 1 saturated heterocycles. The van der Waals surface area contributed by atoms with Crippen molar-refractivity contribution >= 4 is 23.8 Å². The highest BCUT2D eigenvalue weighted by Crippen LogP contribution is 2.45. The summed E-state index contributed by atoms with van der Waals surface area (Å²) in [4.78, 5) is 55.9. The SMILES string of the molecule is CC(C)(C)NC(=O)N[C@H]1CCCCC/C=C\[C@H]2C[C@@]2(C(=O)O)NC(=O)[C@@H]2C[C@@H](n3nnc(-c4ccccc4)n3)CN2C1=O. The molecule has 0 unspecified atom stereocenters. The molecular weight excluding hydrogens is 552 g/mol. The normalized spacial score (nSPS) is 28.9. The third-order valence-corrected chi connectivity index (χ3v) is 8.22. The Morgan fingerprint density at radius 2 is 1.88 bits per heavy atom. The number of benzene rings is 1. The smallest absolute Gasteiger partial charge is 0.330 e. The van der Waals surface area contributed by atoms with Crippen molar-refractivity contribution in [2.75, 3.05) is 6.54 Å². The fourth-order valence-corrected chi connectivity index (χ4v) is 5.86. The van der Waals surface area contributed by atoms with Crippen LogP contribution in [0.3, 0.4) is 0 Å². The summed E-state index contributed by atoms with van der Waals surface area (Å²) < 4.78 is 0. The summed E-state index contributed by atoms with van der Waals surface area (Å²) in [5.74, 6) is -1.96. The van der Waals surface area contributed by atoms with Crippen molar-refractivity contribution in [3.63, 3.8) is 0 Å². The molecule has 230 valence electrons. The average Bonchev–Trinajstić information content (AvgIpc) is 3.28. The van der Waals surface area contributed by atoms with Gasteiger partial charge in [0.1, 0.15) is 17.6 Å². The van der Waals surface area contributed by atoms with Gasteiger partial charge in [-0.05, 0) is 51.7 Å². The number of allylic oxidation sites excluding steroid dienone is 1. The first-order valence-corrected chi connectivity index (χ1v) is 14.9. The predicted molar refractivity (Wildman–Crippen MR) is 156 cm³/mol. The van der Waals surface area contributed by atoms with Gasteiger partial charge in [0.25, 0.3) is 0 Å². The zero-order valence-electron chi connectivity index (χ0n) is 24.8. The Hall–Kier alpha value is -4.29. The van der Waals surface area contributed by atoms with E-state index in [-0.39, 0.29) is 25.3 Å². The quantitative estimate of drug-likeness (QED) is 0.392. The fraction of sp³-hybridized carbons (Fsp3) is 0.567. The number of hydrogen-bond acceptors (Lipinski definition) is 7. The van der Waals surface area contributed by atoms with E-state index in [4.69, 9.17) is 0 Å². The molecule has 3 heterocycles. The summed E-state index contributed by atoms with van der Waals surface area (Å²) in [7, 11) is 0. The van der Waals surface area contributed by atoms with Crippen LogP contribution in [0.4, 0.5) is 4.79 Å². The number of rotatable bonds is 4. The van der Waals surface area contributed by atoms with Crippen LogP contribution in [0.1, 0.15) is 71.8 Å². The molecule has 2 aromatic rings. The lowest BCUT2D eigenvalue weighted by molar-refractivity contribution is -0.145. The second-order valence-electron chi connectivity index (χ2n) is 12.7. The third-order valence-electron chi connectivity index (χ3n) is 8.22. The molecule has 4 N–H and O–H groups in total. The van der Waals surface area contributed by atoms with Gasteiger partial charge < -0.3 is 26.0 Å². The van der Waals surface area contributed by atoms with Gasteiger partial charge in [0.05, 0.1) is 6.04 Å². The average molecular weight is 593 g/mol. The van der Waals surface area contributed by atoms with E-state index in [1.54, 1.807) is 0 Å². The van der Waals surface area contributed by atoms with Crippen molar-refractivity contribution in [3.8, 4) is 11.4 Å². The Labute approximate surface area is 250 Å². The van der Waals surface area contributed by atoms with Crippen LogP contribution in [0.5, 0.6) is 0 Å². The van der Waals surface area contributed by atoms with Gasteiger partial charge in [-0.3, -0.25) is 9.59 Å². The number of nitrogens with one attached hydrogen (secondary N) is 3. The zero-order valence-corrected chi connectivity index (χ0v) is 24.8. The minimum absolute atomic E-state index is 0.101. The predicted octanol–water partition coefficient (Wildman–Crippen LogP) is 2.43. The molecule has 3 aliphatic rings. The number of nitrogens with zero attached hydrogens (tertiary/aromatic N) is 5. The summed E-state index contributed by atoms with van der Waals surface area (Å²) in [5.41, 5.74) is -1.14. The van der Waals surface area contributed by atoms with E-state index in [2.05, 4.69) is 31.4 Å². The van der Waals surface area contributed by atoms with Crippen molar-refractivity contribution in [3.05, 3.63) is 42.5 Å². The Kier molecular flexibility index (Phi) is 8.52. The molecular formula is C30H40N8O5. The standard InChI is InChI=1S/C30H40N8O5/c1-29(2,3)33-28(43)31-22-15-11-6-4-5-10-14-20-17-30(20,27(41)42)32-25(39)23-16-21(18-37(23)26(22)40)38-35-24(34-36-38)19-12-8-7-9-13-19/h7-10,12-14,20-23H,4-6,11,15-18H2,1-3H3,(H,32,39)(H,41,42)(H2,31,33,43)/b14-10-/t20-,21+,22-,23-,30+/m0/s1. The first-order valence-electron chi connectivity index (χ1n) is 14.9. The van der Waals surface area contributed by atoms with Gasteiger partial charge in [-0.2, -0.15) is 4.80 Å². The number of urea groups is 1. The van der Waals surface area contributed by atoms with E-state index in [0.717, 1.165) is 24.8 Å². The molecule has 0 spiro atoms. The number of carbonyl (C=O) groups is 4. The van der Waals surface area contributed by atoms with E-state index >= 15 is 0 Å². The highest BCUT2D eigenvalue weighted by Gasteiger charge is 2.61. The zero-order chi connectivity index (χ0) is 30.8. The van der Waals surface area contributed by atoms with Crippen molar-refractivity contribution in [1.82, 2.24) is 41.1 Å². The maximum atomic E-state index is 14.1. The minimum atomic E-state index is -1.41. The van der Waals surface area contributed by atoms with E-state index < -0.39 is 53.0 Å². The van der Waals surface area contributed by atoms with E-state index in [1.165, 1.54) is 9.70 Å². The molecule has 0 bridgehead atoms. The first kappa shape index (κ1) is 30.2. The number of fused-ring (bicyclic) bond motifs is 2. The summed E-state index contributed by atoms with van der Waals surface area (Å²) in [6.07, 6.45) is 7.86. The van der Waals surface area contributed by atoms with Crippen LogP contribution >= 0.6 is 0 Å². The molecule has 1 aromatic heterocycles. The molecule has 2 aliphatic heterocycles. The van der Waals surface area contributed by atoms with E-state index in [1.807, 2.05) is 63.3 Å². The highest BCUT2D eigenvalue weighted by molar-refractivity contribution is 5.96. The lowest BCUT2D eigenvalue weighted by Gasteiger charge is -2.30. The number of tetrazole rings is 1. The van der Waals surface area contributed by atoms with Gasteiger partial charge in [0.15, 0.2) is 0 Å². The molecule has 1 aliphatic carbocycles. The fourth-order valence-electron chi connectivity index (χ4n) is 5.86. The van der Waals surface area contributed by atoms with Gasteiger partial charge >= 0.3 is 12.0 Å². The topological polar surface area (TPSA) is 171 Å². The summed E-state index contributed by atoms with van der Waals surface area (Å²) in [6, 6.07) is 6.54. The Bertz CT molecular complexity index is 1390. The van der Waals surface area contributed by atoms with Gasteiger partial charge in [-0.25, -0.2) is 9.59 Å². The molecule has 13 heteroatoms.